The number of aliphatic carboxylic acids is 2. The number of aliphatic hydroxyl groups is 4. The van der Waals surface area contributed by atoms with Crippen molar-refractivity contribution >= 4 is 112 Å². The van der Waals surface area contributed by atoms with Gasteiger partial charge in [-0.05, 0) is 77.4 Å². The zero-order valence-electron chi connectivity index (χ0n) is 82.3. The molecule has 2 aromatic carbocycles. The number of amides is 10. The number of rotatable bonds is 47. The number of nitrogens with zero attached hydrogens (tertiary/aromatic N) is 2. The van der Waals surface area contributed by atoms with E-state index >= 15 is 0 Å². The lowest BCUT2D eigenvalue weighted by Crippen LogP contribution is -2.55. The Balaban J connectivity index is 0.000000444. The van der Waals surface area contributed by atoms with Gasteiger partial charge in [0.25, 0.3) is 5.91 Å². The lowest BCUT2D eigenvalue weighted by atomic mass is 9.71. The first-order chi connectivity index (χ1) is 68.2. The first-order valence-electron chi connectivity index (χ1n) is 46.1. The molecule has 2 aromatic rings. The summed E-state index contributed by atoms with van der Waals surface area (Å²) in [5.74, 6) is -17.0. The van der Waals surface area contributed by atoms with Crippen LogP contribution in [0.3, 0.4) is 0 Å². The van der Waals surface area contributed by atoms with Crippen LogP contribution in [0.1, 0.15) is 182 Å². The summed E-state index contributed by atoms with van der Waals surface area (Å²) < 4.78 is 59.9. The van der Waals surface area contributed by atoms with Crippen molar-refractivity contribution in [3.63, 3.8) is 0 Å². The van der Waals surface area contributed by atoms with E-state index in [1.54, 1.807) is 26.8 Å². The molecule has 0 radical (unpaired) electrons. The highest BCUT2D eigenvalue weighted by molar-refractivity contribution is 6.31. The highest BCUT2D eigenvalue weighted by atomic mass is 16.7. The van der Waals surface area contributed by atoms with Gasteiger partial charge < -0.3 is 147 Å². The molecule has 16 atom stereocenters. The molecule has 3 aliphatic carbocycles. The van der Waals surface area contributed by atoms with E-state index in [2.05, 4.69) is 63.6 Å². The zero-order valence-corrected chi connectivity index (χ0v) is 82.3. The van der Waals surface area contributed by atoms with Gasteiger partial charge in [-0.1, -0.05) is 50.3 Å². The average molecular weight is 2030 g/mol. The van der Waals surface area contributed by atoms with Crippen molar-refractivity contribution in [3.8, 4) is 17.2 Å². The van der Waals surface area contributed by atoms with Gasteiger partial charge in [-0.3, -0.25) is 76.7 Å². The number of carboxylic acid groups (broad SMARTS) is 2. The zero-order chi connectivity index (χ0) is 107. The molecule has 1 fully saturated rings. The van der Waals surface area contributed by atoms with Gasteiger partial charge >= 0.3 is 24.0 Å². The number of phenols is 2. The summed E-state index contributed by atoms with van der Waals surface area (Å²) in [6.45, 7) is 12.4. The molecule has 11 unspecified atom stereocenters. The number of phenolic OH excluding ortho intramolecular Hbond substituents is 2. The number of nitrogens with one attached hydrogen (secondary N) is 10. The highest BCUT2D eigenvalue weighted by Crippen LogP contribution is 2.53. The van der Waals surface area contributed by atoms with E-state index in [0.717, 1.165) is 19.9 Å². The van der Waals surface area contributed by atoms with Gasteiger partial charge in [0.2, 0.25) is 64.6 Å². The number of esters is 1. The van der Waals surface area contributed by atoms with E-state index in [9.17, 15) is 122 Å². The lowest BCUT2D eigenvalue weighted by molar-refractivity contribution is -0.245. The van der Waals surface area contributed by atoms with Crippen LogP contribution in [0.15, 0.2) is 86.9 Å². The van der Waals surface area contributed by atoms with Gasteiger partial charge in [-0.25, -0.2) is 15.6 Å². The van der Waals surface area contributed by atoms with Crippen molar-refractivity contribution in [1.29, 1.82) is 0 Å². The molecule has 50 heteroatoms. The number of carboxylic acids is 2. The van der Waals surface area contributed by atoms with E-state index in [1.165, 1.54) is 92.7 Å². The third-order valence-electron chi connectivity index (χ3n) is 23.3. The number of fused-ring (bicyclic) bond motifs is 5. The molecule has 794 valence electrons. The Morgan fingerprint density at radius 2 is 1.23 bits per heavy atom. The summed E-state index contributed by atoms with van der Waals surface area (Å²) >= 11 is 0. The number of ether oxygens (including phenoxy) is 11. The Kier molecular flexibility index (Phi) is 48.5. The molecule has 10 amide bonds. The molecule has 22 N–H and O–H groups in total. The maximum absolute atomic E-state index is 14.1. The number of allylic oxidation sites excluding steroid dienone is 4. The predicted octanol–water partition coefficient (Wildman–Crippen LogP) is -1.88. The van der Waals surface area contributed by atoms with E-state index in [4.69, 9.17) is 63.6 Å². The SMILES string of the molecule is COCCOCCCNC(=O)C(CC(=O)N/N=C(\CO)[C@]1(O)Cc2c(O)c3c(c(O)c2[C@@H](O[C@H]2C[C@@H](N)[C@H](O)C(C)O2)C1)C(=O)c1c(OC)cccc1C3=O)NC(=O)C(CC(=O)O)NC(C)=O.COCCOCCCNC(=O)C(CC(=O)O)NC(=O)C(CC(=O)N/N=C(\C)CCC(=O)OCCNC1=C2CC(C)CC(OC)C(O)C(C)/C=C(\C)C(OC(N)=O)C(OC)/C=C\C=C(/C)C(=O)NC(=CC1=O)C2=O)NC(C)=O. The van der Waals surface area contributed by atoms with Crippen LogP contribution in [-0.4, -0.2) is 339 Å². The molecule has 2 bridgehead atoms. The van der Waals surface area contributed by atoms with E-state index in [-0.39, 0.29) is 134 Å². The topological polar surface area (TPSA) is 751 Å². The minimum Gasteiger partial charge on any atom is -0.507 e. The normalized spacial score (nSPS) is 23.2. The van der Waals surface area contributed by atoms with Crippen LogP contribution < -0.4 is 69.6 Å². The maximum atomic E-state index is 14.1. The maximum Gasteiger partial charge on any atom is 0.405 e. The second kappa shape index (κ2) is 58.5. The third kappa shape index (κ3) is 35.7. The quantitative estimate of drug-likeness (QED) is 0.00560. The highest BCUT2D eigenvalue weighted by Gasteiger charge is 2.51. The van der Waals surface area contributed by atoms with Crippen LogP contribution in [-0.2, 0) is 121 Å². The monoisotopic (exact) mass is 2030 g/mol. The van der Waals surface area contributed by atoms with Crippen LogP contribution in [0.4, 0.5) is 4.79 Å². The molecule has 0 saturated carbocycles. The number of aliphatic hydroxyl groups excluding tert-OH is 3. The van der Waals surface area contributed by atoms with Crippen molar-refractivity contribution in [2.24, 2.45) is 33.5 Å². The Labute approximate surface area is 828 Å². The predicted molar refractivity (Wildman–Crippen MR) is 505 cm³/mol. The molecular weight excluding hydrogens is 1900 g/mol. The Morgan fingerprint density at radius 3 is 1.77 bits per heavy atom. The van der Waals surface area contributed by atoms with Gasteiger partial charge in [0.1, 0.15) is 59.7 Å². The largest absolute Gasteiger partial charge is 0.507 e. The number of benzene rings is 2. The number of carbonyl (C=O) groups is 17. The number of methoxy groups -OCH3 is 5. The van der Waals surface area contributed by atoms with Crippen molar-refractivity contribution in [2.75, 3.05) is 108 Å². The molecule has 2 heterocycles. The number of ketones is 4. The van der Waals surface area contributed by atoms with Crippen LogP contribution in [0.25, 0.3) is 0 Å². The Morgan fingerprint density at radius 1 is 0.660 bits per heavy atom. The first-order valence-corrected chi connectivity index (χ1v) is 46.1. The van der Waals surface area contributed by atoms with Crippen molar-refractivity contribution in [2.45, 2.75) is 224 Å². The molecule has 7 rings (SSSR count). The lowest BCUT2D eigenvalue weighted by Gasteiger charge is -2.43. The van der Waals surface area contributed by atoms with E-state index in [1.807, 2.05) is 0 Å². The van der Waals surface area contributed by atoms with Crippen LogP contribution in [0.5, 0.6) is 17.2 Å². The second-order valence-electron chi connectivity index (χ2n) is 34.5. The Bertz CT molecular complexity index is 5180. The fraction of sp³-hybridized carbons (Fsp3) is 0.564. The summed E-state index contributed by atoms with van der Waals surface area (Å²) in [5, 5.41) is 115. The van der Waals surface area contributed by atoms with Gasteiger partial charge in [0, 0.05) is 146 Å². The van der Waals surface area contributed by atoms with Crippen LogP contribution >= 0.6 is 0 Å². The van der Waals surface area contributed by atoms with Crippen molar-refractivity contribution < 1.29 is 174 Å². The fourth-order valence-electron chi connectivity index (χ4n) is 15.9. The van der Waals surface area contributed by atoms with Crippen LogP contribution in [0, 0.1) is 11.8 Å². The second-order valence-corrected chi connectivity index (χ2v) is 34.5. The summed E-state index contributed by atoms with van der Waals surface area (Å²) in [5.41, 5.74) is 11.5. The molecule has 2 aliphatic heterocycles. The number of hydrogen-bond acceptors (Lipinski definition) is 38. The minimum absolute atomic E-state index is 0.00156. The first kappa shape index (κ1) is 119. The summed E-state index contributed by atoms with van der Waals surface area (Å²) in [7, 11) is 7.10. The van der Waals surface area contributed by atoms with Gasteiger partial charge in [-0.2, -0.15) is 10.2 Å². The molecule has 0 spiro atoms. The number of primary amides is 1. The molecule has 5 aliphatic rings. The van der Waals surface area contributed by atoms with Gasteiger partial charge in [0.15, 0.2) is 18.2 Å². The molecule has 1 saturated heterocycles. The average Bonchev–Trinajstić information content (AvgIpc) is 0.707. The molecular formula is C94H132N14O36. The summed E-state index contributed by atoms with van der Waals surface area (Å²) in [6, 6.07) is -3.05. The third-order valence-corrected chi connectivity index (χ3v) is 23.3. The van der Waals surface area contributed by atoms with Gasteiger partial charge in [0.05, 0.1) is 137 Å². The Hall–Kier alpha value is -13.3. The van der Waals surface area contributed by atoms with Gasteiger partial charge in [-0.15, -0.1) is 0 Å². The smallest absolute Gasteiger partial charge is 0.405 e. The number of hydrogen-bond donors (Lipinski definition) is 20. The fourth-order valence-corrected chi connectivity index (χ4v) is 15.9. The molecule has 50 nitrogen and oxygen atoms in total. The summed E-state index contributed by atoms with van der Waals surface area (Å²) in [6.07, 6.45) is -6.30. The number of aromatic hydroxyl groups is 2. The number of hydrazone groups is 2. The standard InChI is InChI=1S/C51H76N8O18.C43H56N6O18/c1-28-22-34-44(38(61)25-35(46(34)67)56-48(68)29(2)12-10-13-39(73-8)47(77-51(52)71)31(4)24-30(3)45(66)40(23-28)74-9)53-17-19-76-43(65)15-14-32(5)58-59-41(62)26-36(55-33(6)60)50(70)57-37(27-42(63)64)49(69)54-16-11-18-75-21-20-72-7;1-19-36(55)23(44)13-31(66-19)67-27-17-43(62,16-22-33(27)40(59)35-34(38(22)57)37(56)21-7-5-8-26(64-4)32(21)39(35)58)28(18-50)48-49-29(52)14-24(41(60)45-9-6-10-65-12-11-63-3)47-42(61)25(15-30(53)54)46-20(2)51/h10,12-13,24-25,28,30,36-37,39-40,45,47,53,66H,11,14-23,26-27H2,1-9H3,(H2,52,71)(H,54,69)(H,55,60)(H,56,68)(H,57,70)(H,59,62)(H,63,64);5,7-8,19,23-25,27,31,36,50,55,57,59,62H,6,9-18,44H2,1-4H3,(H,45,60)(H,46,51)(H,47,61)(H,49,52)(H,53,54)/b13-10-,29-12+,31-24+,58-32+;48-28+/t;19?,23-,24?,25?,27+,31+,36-,43+/m.1/s1. The minimum atomic E-state index is -2.39. The van der Waals surface area contributed by atoms with Crippen LogP contribution in [0.2, 0.25) is 0 Å². The summed E-state index contributed by atoms with van der Waals surface area (Å²) in [4.78, 5) is 219. The number of Topliss-reactive ketones (excluding diaryl/α,β-unsaturated/α-hetero) is 1. The molecule has 144 heavy (non-hydrogen) atoms. The van der Waals surface area contributed by atoms with Crippen molar-refractivity contribution in [3.05, 3.63) is 110 Å². The molecule has 0 aromatic heterocycles. The van der Waals surface area contributed by atoms with E-state index < -0.39 is 270 Å². The number of carbonyl (C=O) groups excluding carboxylic acids is 15. The number of nitrogens with two attached hydrogens (primary N) is 2. The van der Waals surface area contributed by atoms with Crippen molar-refractivity contribution in [1.82, 2.24) is 53.4 Å². The van der Waals surface area contributed by atoms with E-state index in [0.29, 0.717) is 38.2 Å².